The monoisotopic (exact) mass is 428 g/mol. The summed E-state index contributed by atoms with van der Waals surface area (Å²) in [5.74, 6) is -1.60. The zero-order valence-electron chi connectivity index (χ0n) is 19.0. The summed E-state index contributed by atoms with van der Waals surface area (Å²) in [5, 5.41) is 0. The van der Waals surface area contributed by atoms with Gasteiger partial charge in [-0.05, 0) is 65.7 Å². The van der Waals surface area contributed by atoms with Crippen LogP contribution in [0.1, 0.15) is 97.8 Å². The average Bonchev–Trinajstić information content (AvgIpc) is 2.97. The van der Waals surface area contributed by atoms with Crippen molar-refractivity contribution in [2.45, 2.75) is 91.0 Å². The Labute approximate surface area is 183 Å². The number of imide groups is 1. The van der Waals surface area contributed by atoms with Crippen molar-refractivity contribution in [1.82, 2.24) is 9.80 Å². The highest BCUT2D eigenvalue weighted by atomic mass is 16.5. The normalized spacial score (nSPS) is 17.8. The van der Waals surface area contributed by atoms with E-state index in [2.05, 4.69) is 0 Å². The number of hydrogen-bond donors (Lipinski definition) is 0. The molecule has 1 saturated carbocycles. The number of carbonyl (C=O) groups excluding carboxylic acids is 4. The molecule has 1 atom stereocenters. The molecule has 0 aromatic heterocycles. The van der Waals surface area contributed by atoms with Crippen LogP contribution < -0.4 is 0 Å². The first-order valence-electron chi connectivity index (χ1n) is 11.2. The van der Waals surface area contributed by atoms with Gasteiger partial charge in [-0.2, -0.15) is 0 Å². The lowest BCUT2D eigenvalue weighted by atomic mass is 9.94. The number of amides is 3. The van der Waals surface area contributed by atoms with E-state index in [0.29, 0.717) is 5.56 Å². The molecular weight excluding hydrogens is 396 g/mol. The molecule has 3 amide bonds. The summed E-state index contributed by atoms with van der Waals surface area (Å²) < 4.78 is 5.40. The van der Waals surface area contributed by atoms with Crippen LogP contribution in [0.5, 0.6) is 0 Å². The summed E-state index contributed by atoms with van der Waals surface area (Å²) in [5.41, 5.74) is 0.711. The van der Waals surface area contributed by atoms with Crippen molar-refractivity contribution in [3.8, 4) is 0 Å². The van der Waals surface area contributed by atoms with E-state index >= 15 is 0 Å². The minimum Gasteiger partial charge on any atom is -0.449 e. The minimum atomic E-state index is -0.957. The molecule has 1 aliphatic carbocycles. The number of ether oxygens (including phenoxy) is 1. The van der Waals surface area contributed by atoms with Gasteiger partial charge in [0, 0.05) is 18.1 Å². The van der Waals surface area contributed by atoms with Crippen molar-refractivity contribution in [3.05, 3.63) is 34.9 Å². The third-order valence-corrected chi connectivity index (χ3v) is 6.09. The molecule has 1 aromatic rings. The lowest BCUT2D eigenvalue weighted by Gasteiger charge is -2.32. The average molecular weight is 429 g/mol. The second-order valence-corrected chi connectivity index (χ2v) is 9.01. The molecule has 3 rings (SSSR count). The lowest BCUT2D eigenvalue weighted by Crippen LogP contribution is -2.47. The largest absolute Gasteiger partial charge is 0.449 e. The summed E-state index contributed by atoms with van der Waals surface area (Å²) in [7, 11) is 0. The predicted octanol–water partition coefficient (Wildman–Crippen LogP) is 3.81. The minimum absolute atomic E-state index is 0.0250. The first-order chi connectivity index (χ1) is 14.6. The van der Waals surface area contributed by atoms with Crippen molar-refractivity contribution < 1.29 is 23.9 Å². The third-order valence-electron chi connectivity index (χ3n) is 6.09. The van der Waals surface area contributed by atoms with Gasteiger partial charge in [0.1, 0.15) is 0 Å². The molecule has 0 radical (unpaired) electrons. The molecule has 1 aliphatic heterocycles. The molecule has 1 heterocycles. The Hall–Kier alpha value is -2.70. The summed E-state index contributed by atoms with van der Waals surface area (Å²) in [6.07, 6.45) is 3.82. The molecule has 31 heavy (non-hydrogen) atoms. The summed E-state index contributed by atoms with van der Waals surface area (Å²) >= 11 is 0. The van der Waals surface area contributed by atoms with E-state index in [0.717, 1.165) is 32.1 Å². The van der Waals surface area contributed by atoms with Crippen molar-refractivity contribution in [2.24, 2.45) is 0 Å². The van der Waals surface area contributed by atoms with Crippen LogP contribution in [0.2, 0.25) is 0 Å². The van der Waals surface area contributed by atoms with Crippen LogP contribution in [0.3, 0.4) is 0 Å². The molecule has 7 nitrogen and oxygen atoms in total. The Morgan fingerprint density at radius 3 is 2.10 bits per heavy atom. The SMILES string of the molecule is CC(C)N(C(=O)[C@@H](C)OC(=O)c1ccc2c(c1)C(=O)N(C1CCCCC1)C2=O)C(C)C. The Morgan fingerprint density at radius 2 is 1.52 bits per heavy atom. The molecular formula is C24H32N2O5. The van der Waals surface area contributed by atoms with E-state index in [4.69, 9.17) is 4.74 Å². The number of rotatable bonds is 6. The first-order valence-corrected chi connectivity index (χ1v) is 11.2. The van der Waals surface area contributed by atoms with Crippen molar-refractivity contribution >= 4 is 23.7 Å². The van der Waals surface area contributed by atoms with Crippen LogP contribution in [0.15, 0.2) is 18.2 Å². The smallest absolute Gasteiger partial charge is 0.338 e. The number of nitrogens with zero attached hydrogens (tertiary/aromatic N) is 2. The van der Waals surface area contributed by atoms with Crippen LogP contribution in [0, 0.1) is 0 Å². The summed E-state index contributed by atoms with van der Waals surface area (Å²) in [6.45, 7) is 9.19. The zero-order chi connectivity index (χ0) is 22.9. The standard InChI is InChI=1S/C24H32N2O5/c1-14(2)25(15(3)4)21(27)16(5)31-24(30)17-11-12-19-20(13-17)23(29)26(22(19)28)18-9-7-6-8-10-18/h11-16,18H,6-10H2,1-5H3/t16-/m1/s1. The molecule has 168 valence electrons. The molecule has 0 saturated heterocycles. The van der Waals surface area contributed by atoms with Gasteiger partial charge in [-0.25, -0.2) is 4.79 Å². The Bertz CT molecular complexity index is 878. The van der Waals surface area contributed by atoms with Gasteiger partial charge in [0.2, 0.25) is 0 Å². The van der Waals surface area contributed by atoms with E-state index in [-0.39, 0.29) is 47.0 Å². The predicted molar refractivity (Wildman–Crippen MR) is 116 cm³/mol. The van der Waals surface area contributed by atoms with Crippen LogP contribution in [0.25, 0.3) is 0 Å². The van der Waals surface area contributed by atoms with Crippen molar-refractivity contribution in [1.29, 1.82) is 0 Å². The van der Waals surface area contributed by atoms with Crippen molar-refractivity contribution in [3.63, 3.8) is 0 Å². The summed E-state index contributed by atoms with van der Waals surface area (Å²) in [6, 6.07) is 4.28. The number of hydrogen-bond acceptors (Lipinski definition) is 5. The summed E-state index contributed by atoms with van der Waals surface area (Å²) in [4.78, 5) is 54.2. The van der Waals surface area contributed by atoms with Gasteiger partial charge < -0.3 is 9.64 Å². The van der Waals surface area contributed by atoms with Crippen molar-refractivity contribution in [2.75, 3.05) is 0 Å². The molecule has 1 aromatic carbocycles. The second-order valence-electron chi connectivity index (χ2n) is 9.01. The molecule has 7 heteroatoms. The topological polar surface area (TPSA) is 84.0 Å². The second kappa shape index (κ2) is 9.20. The quantitative estimate of drug-likeness (QED) is 0.508. The molecule has 2 aliphatic rings. The van der Waals surface area contributed by atoms with Crippen LogP contribution in [-0.4, -0.2) is 57.7 Å². The molecule has 0 spiro atoms. The van der Waals surface area contributed by atoms with E-state index < -0.39 is 12.1 Å². The number of benzene rings is 1. The van der Waals surface area contributed by atoms with Gasteiger partial charge in [0.05, 0.1) is 16.7 Å². The number of fused-ring (bicyclic) bond motifs is 1. The maximum Gasteiger partial charge on any atom is 0.338 e. The highest BCUT2D eigenvalue weighted by Gasteiger charge is 2.40. The fourth-order valence-electron chi connectivity index (χ4n) is 4.65. The fraction of sp³-hybridized carbons (Fsp3) is 0.583. The maximum atomic E-state index is 12.9. The number of carbonyl (C=O) groups is 4. The maximum absolute atomic E-state index is 12.9. The van der Waals surface area contributed by atoms with Gasteiger partial charge in [0.25, 0.3) is 17.7 Å². The van der Waals surface area contributed by atoms with E-state index in [9.17, 15) is 19.2 Å². The molecule has 0 unspecified atom stereocenters. The highest BCUT2D eigenvalue weighted by Crippen LogP contribution is 2.31. The van der Waals surface area contributed by atoms with Gasteiger partial charge in [-0.15, -0.1) is 0 Å². The number of esters is 1. The lowest BCUT2D eigenvalue weighted by molar-refractivity contribution is -0.143. The third kappa shape index (κ3) is 4.50. The highest BCUT2D eigenvalue weighted by molar-refractivity contribution is 6.22. The van der Waals surface area contributed by atoms with Gasteiger partial charge >= 0.3 is 5.97 Å². The fourth-order valence-corrected chi connectivity index (χ4v) is 4.65. The van der Waals surface area contributed by atoms with E-state index in [1.807, 2.05) is 27.7 Å². The molecule has 0 N–H and O–H groups in total. The van der Waals surface area contributed by atoms with Gasteiger partial charge in [-0.3, -0.25) is 19.3 Å². The van der Waals surface area contributed by atoms with Gasteiger partial charge in [0.15, 0.2) is 6.10 Å². The Balaban J connectivity index is 1.75. The molecule has 0 bridgehead atoms. The van der Waals surface area contributed by atoms with Crippen LogP contribution >= 0.6 is 0 Å². The Kier molecular flexibility index (Phi) is 6.82. The Morgan fingerprint density at radius 1 is 0.935 bits per heavy atom. The van der Waals surface area contributed by atoms with E-state index in [1.165, 1.54) is 23.1 Å². The van der Waals surface area contributed by atoms with E-state index in [1.54, 1.807) is 11.8 Å². The first kappa shape index (κ1) is 23.0. The van der Waals surface area contributed by atoms with Crippen LogP contribution in [0.4, 0.5) is 0 Å². The van der Waals surface area contributed by atoms with Gasteiger partial charge in [-0.1, -0.05) is 19.3 Å². The zero-order valence-corrected chi connectivity index (χ0v) is 19.0. The van der Waals surface area contributed by atoms with Crippen LogP contribution in [-0.2, 0) is 9.53 Å². The molecule has 1 fully saturated rings.